The van der Waals surface area contributed by atoms with Gasteiger partial charge in [0.05, 0.1) is 7.11 Å². The number of hydrogen-bond donors (Lipinski definition) is 1. The van der Waals surface area contributed by atoms with E-state index in [1.165, 1.54) is 19.5 Å². The minimum absolute atomic E-state index is 0.160. The van der Waals surface area contributed by atoms with Crippen LogP contribution >= 0.6 is 0 Å². The summed E-state index contributed by atoms with van der Waals surface area (Å²) < 4.78 is 4.95. The third-order valence-corrected chi connectivity index (χ3v) is 1.74. The fourth-order valence-electron chi connectivity index (χ4n) is 1.16. The number of nitrogens with two attached hydrogens (primary N) is 1. The van der Waals surface area contributed by atoms with Crippen LogP contribution in [0.4, 0.5) is 0 Å². The molecule has 0 amide bonds. The molecule has 1 rings (SSSR count). The van der Waals surface area contributed by atoms with Crippen molar-refractivity contribution in [3.8, 4) is 5.88 Å². The lowest BCUT2D eigenvalue weighted by atomic mass is 9.98. The van der Waals surface area contributed by atoms with Crippen LogP contribution in [0.1, 0.15) is 30.8 Å². The maximum atomic E-state index is 11.8. The van der Waals surface area contributed by atoms with E-state index in [2.05, 4.69) is 9.97 Å². The molecule has 82 valence electrons. The van der Waals surface area contributed by atoms with Gasteiger partial charge < -0.3 is 10.5 Å². The topological polar surface area (TPSA) is 78.1 Å². The van der Waals surface area contributed by atoms with Gasteiger partial charge in [-0.2, -0.15) is 0 Å². The molecular formula is C10H15N3O2. The number of nitrogens with zero attached hydrogens (tertiary/aromatic N) is 2. The van der Waals surface area contributed by atoms with E-state index in [0.29, 0.717) is 0 Å². The first-order chi connectivity index (χ1) is 6.94. The monoisotopic (exact) mass is 209 g/mol. The summed E-state index contributed by atoms with van der Waals surface area (Å²) in [4.78, 5) is 19.6. The maximum absolute atomic E-state index is 11.8. The summed E-state index contributed by atoms with van der Waals surface area (Å²) in [6.45, 7) is 3.57. The molecule has 1 aromatic heterocycles. The lowest BCUT2D eigenvalue weighted by molar-refractivity contribution is 0.0951. The second-order valence-electron chi connectivity index (χ2n) is 4.00. The molecule has 1 aromatic rings. The molecule has 0 saturated heterocycles. The van der Waals surface area contributed by atoms with E-state index in [0.717, 1.165) is 0 Å². The van der Waals surface area contributed by atoms with Gasteiger partial charge in [-0.05, 0) is 13.8 Å². The molecule has 15 heavy (non-hydrogen) atoms. The molecule has 0 spiro atoms. The summed E-state index contributed by atoms with van der Waals surface area (Å²) in [6.07, 6.45) is 3.14. The predicted octanol–water partition coefficient (Wildman–Crippen LogP) is 0.795. The molecule has 0 aliphatic carbocycles. The second kappa shape index (κ2) is 4.35. The van der Waals surface area contributed by atoms with Crippen LogP contribution in [0.25, 0.3) is 0 Å². The zero-order chi connectivity index (χ0) is 11.5. The number of ketones is 1. The molecule has 5 nitrogen and oxygen atoms in total. The fraction of sp³-hybridized carbons (Fsp3) is 0.500. The first-order valence-electron chi connectivity index (χ1n) is 4.61. The van der Waals surface area contributed by atoms with Gasteiger partial charge in [0, 0.05) is 24.4 Å². The minimum atomic E-state index is -0.556. The number of rotatable bonds is 4. The van der Waals surface area contributed by atoms with Gasteiger partial charge in [-0.25, -0.2) is 9.97 Å². The minimum Gasteiger partial charge on any atom is -0.479 e. The molecule has 0 aliphatic heterocycles. The van der Waals surface area contributed by atoms with Crippen LogP contribution in [0.2, 0.25) is 0 Å². The van der Waals surface area contributed by atoms with Crippen LogP contribution in [0, 0.1) is 0 Å². The zero-order valence-corrected chi connectivity index (χ0v) is 9.15. The van der Waals surface area contributed by atoms with Gasteiger partial charge in [-0.15, -0.1) is 0 Å². The molecule has 0 atom stereocenters. The molecule has 0 aliphatic rings. The highest BCUT2D eigenvalue weighted by atomic mass is 16.5. The molecule has 0 unspecified atom stereocenters. The highest BCUT2D eigenvalue weighted by molar-refractivity contribution is 5.96. The molecule has 0 radical (unpaired) electrons. The van der Waals surface area contributed by atoms with Crippen molar-refractivity contribution in [3.05, 3.63) is 18.1 Å². The van der Waals surface area contributed by atoms with Crippen molar-refractivity contribution in [1.82, 2.24) is 9.97 Å². The average Bonchev–Trinajstić information content (AvgIpc) is 2.15. The van der Waals surface area contributed by atoms with Crippen LogP contribution in [-0.4, -0.2) is 28.4 Å². The fourth-order valence-corrected chi connectivity index (χ4v) is 1.16. The van der Waals surface area contributed by atoms with Crippen molar-refractivity contribution in [2.75, 3.05) is 7.11 Å². The Morgan fingerprint density at radius 1 is 1.47 bits per heavy atom. The molecule has 1 heterocycles. The number of hydrogen-bond acceptors (Lipinski definition) is 5. The number of methoxy groups -OCH3 is 1. The predicted molar refractivity (Wildman–Crippen MR) is 55.8 cm³/mol. The summed E-state index contributed by atoms with van der Waals surface area (Å²) >= 11 is 0. The first-order valence-corrected chi connectivity index (χ1v) is 4.61. The highest BCUT2D eigenvalue weighted by Gasteiger charge is 2.21. The van der Waals surface area contributed by atoms with Crippen LogP contribution < -0.4 is 10.5 Å². The van der Waals surface area contributed by atoms with Gasteiger partial charge in [0.1, 0.15) is 0 Å². The summed E-state index contributed by atoms with van der Waals surface area (Å²) in [5.74, 6) is 0.0826. The lowest BCUT2D eigenvalue weighted by Crippen LogP contribution is -2.35. The average molecular weight is 209 g/mol. The lowest BCUT2D eigenvalue weighted by Gasteiger charge is -2.16. The number of ether oxygens (including phenoxy) is 1. The summed E-state index contributed by atoms with van der Waals surface area (Å²) in [5, 5.41) is 0. The SMILES string of the molecule is COc1nccnc1C(=O)CC(C)(C)N. The standard InChI is InChI=1S/C10H15N3O2/c1-10(2,11)6-7(14)8-9(15-3)13-5-4-12-8/h4-5H,6,11H2,1-3H3. The van der Waals surface area contributed by atoms with Gasteiger partial charge in [-0.3, -0.25) is 4.79 Å². The molecule has 0 fully saturated rings. The Kier molecular flexibility index (Phi) is 3.36. The van der Waals surface area contributed by atoms with Crippen LogP contribution in [0.15, 0.2) is 12.4 Å². The van der Waals surface area contributed by atoms with E-state index in [1.54, 1.807) is 13.8 Å². The van der Waals surface area contributed by atoms with E-state index in [1.807, 2.05) is 0 Å². The quantitative estimate of drug-likeness (QED) is 0.742. The van der Waals surface area contributed by atoms with Crippen LogP contribution in [0.3, 0.4) is 0 Å². The van der Waals surface area contributed by atoms with Gasteiger partial charge >= 0.3 is 0 Å². The Morgan fingerprint density at radius 2 is 2.07 bits per heavy atom. The van der Waals surface area contributed by atoms with E-state index < -0.39 is 5.54 Å². The molecule has 0 aromatic carbocycles. The Labute approximate surface area is 88.7 Å². The molecule has 0 saturated carbocycles. The smallest absolute Gasteiger partial charge is 0.243 e. The first kappa shape index (κ1) is 11.6. The summed E-state index contributed by atoms with van der Waals surface area (Å²) in [6, 6.07) is 0. The van der Waals surface area contributed by atoms with E-state index in [-0.39, 0.29) is 23.8 Å². The van der Waals surface area contributed by atoms with E-state index in [9.17, 15) is 4.79 Å². The van der Waals surface area contributed by atoms with Gasteiger partial charge in [0.15, 0.2) is 11.5 Å². The van der Waals surface area contributed by atoms with Crippen LogP contribution in [-0.2, 0) is 0 Å². The van der Waals surface area contributed by atoms with Crippen molar-refractivity contribution < 1.29 is 9.53 Å². The normalized spacial score (nSPS) is 11.2. The largest absolute Gasteiger partial charge is 0.479 e. The number of carbonyl (C=O) groups is 1. The van der Waals surface area contributed by atoms with Crippen molar-refractivity contribution in [2.24, 2.45) is 5.73 Å². The Morgan fingerprint density at radius 3 is 2.60 bits per heavy atom. The molecule has 2 N–H and O–H groups in total. The molecule has 0 bridgehead atoms. The Hall–Kier alpha value is -1.49. The Balaban J connectivity index is 2.91. The van der Waals surface area contributed by atoms with Crippen molar-refractivity contribution in [2.45, 2.75) is 25.8 Å². The summed E-state index contributed by atoms with van der Waals surface area (Å²) in [5.41, 5.74) is 5.43. The van der Waals surface area contributed by atoms with Gasteiger partial charge in [-0.1, -0.05) is 0 Å². The molecular weight excluding hydrogens is 194 g/mol. The van der Waals surface area contributed by atoms with Crippen molar-refractivity contribution in [1.29, 1.82) is 0 Å². The third kappa shape index (κ3) is 3.28. The van der Waals surface area contributed by atoms with Crippen molar-refractivity contribution in [3.63, 3.8) is 0 Å². The number of Topliss-reactive ketones (excluding diaryl/α,β-unsaturated/α-hetero) is 1. The van der Waals surface area contributed by atoms with Gasteiger partial charge in [0.25, 0.3) is 0 Å². The van der Waals surface area contributed by atoms with Crippen molar-refractivity contribution >= 4 is 5.78 Å². The highest BCUT2D eigenvalue weighted by Crippen LogP contribution is 2.16. The number of carbonyl (C=O) groups excluding carboxylic acids is 1. The van der Waals surface area contributed by atoms with Gasteiger partial charge in [0.2, 0.25) is 5.88 Å². The van der Waals surface area contributed by atoms with E-state index in [4.69, 9.17) is 10.5 Å². The maximum Gasteiger partial charge on any atom is 0.243 e. The molecule has 5 heteroatoms. The third-order valence-electron chi connectivity index (χ3n) is 1.74. The second-order valence-corrected chi connectivity index (χ2v) is 4.00. The van der Waals surface area contributed by atoms with Crippen LogP contribution in [0.5, 0.6) is 5.88 Å². The zero-order valence-electron chi connectivity index (χ0n) is 9.15. The van der Waals surface area contributed by atoms with E-state index >= 15 is 0 Å². The Bertz CT molecular complexity index is 358. The summed E-state index contributed by atoms with van der Waals surface area (Å²) in [7, 11) is 1.45. The number of aromatic nitrogens is 2.